The van der Waals surface area contributed by atoms with Gasteiger partial charge < -0.3 is 15.7 Å². The van der Waals surface area contributed by atoms with Crippen LogP contribution in [0, 0.1) is 5.82 Å². The van der Waals surface area contributed by atoms with E-state index in [1.807, 2.05) is 0 Å². The Morgan fingerprint density at radius 3 is 2.74 bits per heavy atom. The lowest BCUT2D eigenvalue weighted by Crippen LogP contribution is -2.29. The van der Waals surface area contributed by atoms with Gasteiger partial charge >= 0.3 is 5.97 Å². The van der Waals surface area contributed by atoms with Gasteiger partial charge in [0.25, 0.3) is 0 Å². The molecule has 7 heteroatoms. The highest BCUT2D eigenvalue weighted by Crippen LogP contribution is 2.18. The summed E-state index contributed by atoms with van der Waals surface area (Å²) in [6.45, 7) is 0.393. The van der Waals surface area contributed by atoms with Gasteiger partial charge in [-0.3, -0.25) is 9.59 Å². The molecule has 1 aromatic carbocycles. The predicted molar refractivity (Wildman–Crippen MR) is 69.8 cm³/mol. The molecule has 1 aromatic rings. The van der Waals surface area contributed by atoms with Gasteiger partial charge in [0.2, 0.25) is 5.91 Å². The molecule has 0 aliphatic heterocycles. The highest BCUT2D eigenvalue weighted by atomic mass is 35.5. The van der Waals surface area contributed by atoms with Gasteiger partial charge in [-0.1, -0.05) is 11.6 Å². The van der Waals surface area contributed by atoms with Crippen LogP contribution in [0.15, 0.2) is 18.2 Å². The van der Waals surface area contributed by atoms with E-state index in [9.17, 15) is 14.0 Å². The minimum atomic E-state index is -0.880. The summed E-state index contributed by atoms with van der Waals surface area (Å²) in [4.78, 5) is 21.7. The van der Waals surface area contributed by atoms with Crippen molar-refractivity contribution in [2.75, 3.05) is 18.4 Å². The maximum absolute atomic E-state index is 13.4. The van der Waals surface area contributed by atoms with Crippen LogP contribution in [-0.4, -0.2) is 30.1 Å². The lowest BCUT2D eigenvalue weighted by molar-refractivity contribution is -0.137. The molecule has 0 aliphatic rings. The van der Waals surface area contributed by atoms with E-state index >= 15 is 0 Å². The van der Waals surface area contributed by atoms with Crippen molar-refractivity contribution in [1.82, 2.24) is 5.32 Å². The van der Waals surface area contributed by atoms with Crippen molar-refractivity contribution in [2.24, 2.45) is 0 Å². The Hall–Kier alpha value is -1.66. The third-order valence-corrected chi connectivity index (χ3v) is 2.47. The maximum atomic E-state index is 13.4. The predicted octanol–water partition coefficient (Wildman–Crippen LogP) is 1.87. The van der Waals surface area contributed by atoms with Gasteiger partial charge in [0, 0.05) is 11.4 Å². The van der Waals surface area contributed by atoms with Crippen LogP contribution >= 0.6 is 11.6 Å². The fourth-order valence-electron chi connectivity index (χ4n) is 1.35. The molecule has 0 fully saturated rings. The summed E-state index contributed by atoms with van der Waals surface area (Å²) >= 11 is 5.58. The Morgan fingerprint density at radius 1 is 1.37 bits per heavy atom. The van der Waals surface area contributed by atoms with Crippen molar-refractivity contribution in [3.63, 3.8) is 0 Å². The molecule has 0 unspecified atom stereocenters. The number of carbonyl (C=O) groups is 2. The Labute approximate surface area is 114 Å². The van der Waals surface area contributed by atoms with E-state index < -0.39 is 17.7 Å². The van der Waals surface area contributed by atoms with Crippen molar-refractivity contribution >= 4 is 29.2 Å². The summed E-state index contributed by atoms with van der Waals surface area (Å²) in [6.07, 6.45) is 0.471. The minimum Gasteiger partial charge on any atom is -0.481 e. The zero-order valence-corrected chi connectivity index (χ0v) is 10.8. The van der Waals surface area contributed by atoms with E-state index in [1.165, 1.54) is 12.1 Å². The number of aliphatic carboxylic acids is 1. The summed E-state index contributed by atoms with van der Waals surface area (Å²) < 4.78 is 13.4. The van der Waals surface area contributed by atoms with Crippen LogP contribution in [0.4, 0.5) is 10.1 Å². The molecule has 0 spiro atoms. The second-order valence-electron chi connectivity index (χ2n) is 3.85. The van der Waals surface area contributed by atoms with Gasteiger partial charge in [-0.05, 0) is 31.2 Å². The van der Waals surface area contributed by atoms with Gasteiger partial charge in [0.1, 0.15) is 5.82 Å². The third kappa shape index (κ3) is 6.17. The van der Waals surface area contributed by atoms with Crippen LogP contribution < -0.4 is 10.6 Å². The largest absolute Gasteiger partial charge is 0.481 e. The van der Waals surface area contributed by atoms with E-state index in [1.54, 1.807) is 0 Å². The number of hydrogen-bond donors (Lipinski definition) is 3. The fraction of sp³-hybridized carbons (Fsp3) is 0.333. The number of carbonyl (C=O) groups excluding carboxylic acids is 1. The first-order valence-corrected chi connectivity index (χ1v) is 6.04. The second kappa shape index (κ2) is 7.70. The smallest absolute Gasteiger partial charge is 0.303 e. The molecule has 0 atom stereocenters. The summed E-state index contributed by atoms with van der Waals surface area (Å²) in [5.74, 6) is -1.89. The molecule has 3 N–H and O–H groups in total. The first-order valence-electron chi connectivity index (χ1n) is 5.66. The normalized spacial score (nSPS) is 10.2. The number of carboxylic acid groups (broad SMARTS) is 1. The number of nitrogens with one attached hydrogen (secondary N) is 2. The van der Waals surface area contributed by atoms with Crippen LogP contribution in [0.1, 0.15) is 12.8 Å². The van der Waals surface area contributed by atoms with Crippen LogP contribution in [0.3, 0.4) is 0 Å². The number of amides is 1. The first kappa shape index (κ1) is 15.4. The number of anilines is 1. The summed E-state index contributed by atoms with van der Waals surface area (Å²) in [5, 5.41) is 13.8. The van der Waals surface area contributed by atoms with Crippen molar-refractivity contribution in [3.05, 3.63) is 29.0 Å². The van der Waals surface area contributed by atoms with Gasteiger partial charge in [0.15, 0.2) is 0 Å². The molecule has 0 radical (unpaired) electrons. The standard InChI is InChI=1S/C12H14ClFN2O3/c13-8-3-4-10(9(14)6-8)16-11(17)7-15-5-1-2-12(18)19/h3-4,6,15H,1-2,5,7H2,(H,16,17)(H,18,19). The zero-order valence-electron chi connectivity index (χ0n) is 10.1. The molecular weight excluding hydrogens is 275 g/mol. The van der Waals surface area contributed by atoms with E-state index in [0.29, 0.717) is 13.0 Å². The highest BCUT2D eigenvalue weighted by Gasteiger charge is 2.07. The SMILES string of the molecule is O=C(O)CCCNCC(=O)Nc1ccc(Cl)cc1F. The van der Waals surface area contributed by atoms with Gasteiger partial charge in [-0.2, -0.15) is 0 Å². The number of halogens is 2. The lowest BCUT2D eigenvalue weighted by atomic mass is 10.3. The topological polar surface area (TPSA) is 78.4 Å². The Kier molecular flexibility index (Phi) is 6.24. The van der Waals surface area contributed by atoms with E-state index in [-0.39, 0.29) is 23.7 Å². The fourth-order valence-corrected chi connectivity index (χ4v) is 1.51. The quantitative estimate of drug-likeness (QED) is 0.669. The number of carboxylic acids is 1. The summed E-state index contributed by atoms with van der Waals surface area (Å²) in [7, 11) is 0. The van der Waals surface area contributed by atoms with E-state index in [4.69, 9.17) is 16.7 Å². The Bertz CT molecular complexity index is 468. The van der Waals surface area contributed by atoms with Crippen molar-refractivity contribution in [2.45, 2.75) is 12.8 Å². The monoisotopic (exact) mass is 288 g/mol. The summed E-state index contributed by atoms with van der Waals surface area (Å²) in [5.41, 5.74) is 0.0572. The van der Waals surface area contributed by atoms with Gasteiger partial charge in [-0.25, -0.2) is 4.39 Å². The van der Waals surface area contributed by atoms with Gasteiger partial charge in [0.05, 0.1) is 12.2 Å². The van der Waals surface area contributed by atoms with E-state index in [2.05, 4.69) is 10.6 Å². The molecular formula is C12H14ClFN2O3. The van der Waals surface area contributed by atoms with E-state index in [0.717, 1.165) is 6.07 Å². The molecule has 1 rings (SSSR count). The van der Waals surface area contributed by atoms with Crippen molar-refractivity contribution in [3.8, 4) is 0 Å². The summed E-state index contributed by atoms with van der Waals surface area (Å²) in [6, 6.07) is 3.96. The maximum Gasteiger partial charge on any atom is 0.303 e. The van der Waals surface area contributed by atoms with Crippen molar-refractivity contribution in [1.29, 1.82) is 0 Å². The van der Waals surface area contributed by atoms with Gasteiger partial charge in [-0.15, -0.1) is 0 Å². The van der Waals surface area contributed by atoms with Crippen LogP contribution in [0.2, 0.25) is 5.02 Å². The number of rotatable bonds is 7. The average Bonchev–Trinajstić information content (AvgIpc) is 2.32. The third-order valence-electron chi connectivity index (χ3n) is 2.23. The molecule has 0 aliphatic carbocycles. The molecule has 0 bridgehead atoms. The van der Waals surface area contributed by atoms with Crippen LogP contribution in [0.5, 0.6) is 0 Å². The average molecular weight is 289 g/mol. The molecule has 1 amide bonds. The second-order valence-corrected chi connectivity index (χ2v) is 4.28. The lowest BCUT2D eigenvalue weighted by Gasteiger charge is -2.07. The van der Waals surface area contributed by atoms with Crippen LogP contribution in [0.25, 0.3) is 0 Å². The molecule has 5 nitrogen and oxygen atoms in total. The number of benzene rings is 1. The molecule has 19 heavy (non-hydrogen) atoms. The van der Waals surface area contributed by atoms with Crippen LogP contribution in [-0.2, 0) is 9.59 Å². The molecule has 0 saturated carbocycles. The first-order chi connectivity index (χ1) is 8.99. The zero-order chi connectivity index (χ0) is 14.3. The van der Waals surface area contributed by atoms with Crippen molar-refractivity contribution < 1.29 is 19.1 Å². The molecule has 104 valence electrons. The molecule has 0 saturated heterocycles. The molecule has 0 aromatic heterocycles. The minimum absolute atomic E-state index is 0.0122. The highest BCUT2D eigenvalue weighted by molar-refractivity contribution is 6.30. The number of hydrogen-bond acceptors (Lipinski definition) is 3. The Morgan fingerprint density at radius 2 is 2.11 bits per heavy atom. The molecule has 0 heterocycles. The Balaban J connectivity index is 2.29.